The van der Waals surface area contributed by atoms with Crippen molar-refractivity contribution in [3.8, 4) is 23.0 Å². The van der Waals surface area contributed by atoms with E-state index in [0.717, 1.165) is 4.90 Å². The second-order valence-electron chi connectivity index (χ2n) is 8.36. The molecular formula is C29H27N3O8. The first-order valence-electron chi connectivity index (χ1n) is 12.2. The van der Waals surface area contributed by atoms with Gasteiger partial charge in [-0.1, -0.05) is 6.07 Å². The van der Waals surface area contributed by atoms with E-state index >= 15 is 0 Å². The number of benzene rings is 3. The molecule has 1 fully saturated rings. The number of rotatable bonds is 10. The highest BCUT2D eigenvalue weighted by Crippen LogP contribution is 2.30. The van der Waals surface area contributed by atoms with Crippen molar-refractivity contribution >= 4 is 41.2 Å². The molecule has 0 atom stereocenters. The van der Waals surface area contributed by atoms with E-state index < -0.39 is 17.8 Å². The summed E-state index contributed by atoms with van der Waals surface area (Å²) in [6.45, 7) is 1.79. The van der Waals surface area contributed by atoms with Crippen molar-refractivity contribution in [3.05, 3.63) is 77.9 Å². The van der Waals surface area contributed by atoms with Gasteiger partial charge in [0.2, 0.25) is 0 Å². The average molecular weight is 546 g/mol. The van der Waals surface area contributed by atoms with Gasteiger partial charge in [-0.05, 0) is 79.2 Å². The van der Waals surface area contributed by atoms with Gasteiger partial charge in [0.1, 0.15) is 17.1 Å². The molecule has 0 spiro atoms. The number of hydrogen-bond donors (Lipinski definition) is 2. The quantitative estimate of drug-likeness (QED) is 0.291. The predicted molar refractivity (Wildman–Crippen MR) is 147 cm³/mol. The zero-order chi connectivity index (χ0) is 28.6. The first-order chi connectivity index (χ1) is 19.3. The number of ether oxygens (including phenoxy) is 4. The maximum Gasteiger partial charge on any atom is 0.335 e. The summed E-state index contributed by atoms with van der Waals surface area (Å²) < 4.78 is 21.6. The zero-order valence-electron chi connectivity index (χ0n) is 22.1. The monoisotopic (exact) mass is 545 g/mol. The van der Waals surface area contributed by atoms with Gasteiger partial charge in [0.15, 0.2) is 18.1 Å². The lowest BCUT2D eigenvalue weighted by Gasteiger charge is -2.26. The van der Waals surface area contributed by atoms with Crippen LogP contribution >= 0.6 is 0 Å². The van der Waals surface area contributed by atoms with Gasteiger partial charge in [-0.2, -0.15) is 0 Å². The predicted octanol–water partition coefficient (Wildman–Crippen LogP) is 3.79. The van der Waals surface area contributed by atoms with Crippen LogP contribution in [0.3, 0.4) is 0 Å². The summed E-state index contributed by atoms with van der Waals surface area (Å²) >= 11 is 0. The van der Waals surface area contributed by atoms with Gasteiger partial charge in [0.25, 0.3) is 17.7 Å². The van der Waals surface area contributed by atoms with Crippen molar-refractivity contribution < 1.29 is 38.1 Å². The Morgan fingerprint density at radius 1 is 0.875 bits per heavy atom. The maximum absolute atomic E-state index is 13.2. The Morgan fingerprint density at radius 3 is 2.15 bits per heavy atom. The molecule has 0 bridgehead atoms. The van der Waals surface area contributed by atoms with Crippen LogP contribution in [0.4, 0.5) is 16.2 Å². The number of amides is 5. The number of hydrogen-bond acceptors (Lipinski definition) is 8. The SMILES string of the molecule is CCOc1cc(/C=C2\C(=O)NC(=O)N(c3ccc(OC)cc3)C2=O)ccc1OCC(=O)Nc1ccc(OC)cc1. The molecule has 0 saturated carbocycles. The van der Waals surface area contributed by atoms with Crippen LogP contribution in [0.5, 0.6) is 23.0 Å². The average Bonchev–Trinajstić information content (AvgIpc) is 2.95. The standard InChI is InChI=1S/C29H27N3O8/c1-4-39-25-16-18(5-14-24(25)40-17-26(33)30-19-6-10-21(37-2)11-7-19)15-23-27(34)31-29(36)32(28(23)35)20-8-12-22(38-3)13-9-20/h5-16H,4,17H2,1-3H3,(H,30,33)(H,31,34,36)/b23-15+. The number of carbonyl (C=O) groups is 4. The lowest BCUT2D eigenvalue weighted by molar-refractivity contribution is -0.122. The Morgan fingerprint density at radius 2 is 1.52 bits per heavy atom. The van der Waals surface area contributed by atoms with E-state index in [2.05, 4.69) is 10.6 Å². The molecule has 4 rings (SSSR count). The van der Waals surface area contributed by atoms with Gasteiger partial charge < -0.3 is 24.3 Å². The highest BCUT2D eigenvalue weighted by Gasteiger charge is 2.36. The summed E-state index contributed by atoms with van der Waals surface area (Å²) in [6.07, 6.45) is 1.35. The van der Waals surface area contributed by atoms with Crippen LogP contribution in [-0.2, 0) is 14.4 Å². The van der Waals surface area contributed by atoms with Crippen molar-refractivity contribution in [2.75, 3.05) is 37.7 Å². The van der Waals surface area contributed by atoms with Crippen molar-refractivity contribution in [1.82, 2.24) is 5.32 Å². The van der Waals surface area contributed by atoms with E-state index in [1.807, 2.05) is 0 Å². The van der Waals surface area contributed by atoms with Crippen LogP contribution in [0, 0.1) is 0 Å². The molecule has 40 heavy (non-hydrogen) atoms. The van der Waals surface area contributed by atoms with Crippen LogP contribution in [0.15, 0.2) is 72.3 Å². The van der Waals surface area contributed by atoms with E-state index in [4.69, 9.17) is 18.9 Å². The molecule has 206 valence electrons. The highest BCUT2D eigenvalue weighted by atomic mass is 16.5. The van der Waals surface area contributed by atoms with Crippen molar-refractivity contribution in [2.45, 2.75) is 6.92 Å². The minimum absolute atomic E-state index is 0.245. The molecule has 1 aliphatic rings. The molecule has 2 N–H and O–H groups in total. The fraction of sp³-hybridized carbons (Fsp3) is 0.172. The summed E-state index contributed by atoms with van der Waals surface area (Å²) in [5.74, 6) is -0.182. The molecule has 1 heterocycles. The molecule has 11 nitrogen and oxygen atoms in total. The number of anilines is 2. The molecule has 11 heteroatoms. The number of nitrogens with zero attached hydrogens (tertiary/aromatic N) is 1. The highest BCUT2D eigenvalue weighted by molar-refractivity contribution is 6.39. The maximum atomic E-state index is 13.2. The topological polar surface area (TPSA) is 132 Å². The molecular weight excluding hydrogens is 518 g/mol. The fourth-order valence-electron chi connectivity index (χ4n) is 3.81. The molecule has 0 unspecified atom stereocenters. The number of urea groups is 1. The number of methoxy groups -OCH3 is 2. The Balaban J connectivity index is 1.50. The Labute approximate surface area is 230 Å². The van der Waals surface area contributed by atoms with E-state index in [0.29, 0.717) is 40.9 Å². The molecule has 3 aromatic rings. The van der Waals surface area contributed by atoms with Crippen LogP contribution in [0.25, 0.3) is 6.08 Å². The molecule has 3 aromatic carbocycles. The Bertz CT molecular complexity index is 1450. The van der Waals surface area contributed by atoms with E-state index in [-0.39, 0.29) is 23.8 Å². The third kappa shape index (κ3) is 6.38. The van der Waals surface area contributed by atoms with Gasteiger partial charge >= 0.3 is 6.03 Å². The molecule has 1 aliphatic heterocycles. The number of barbiturate groups is 1. The van der Waals surface area contributed by atoms with Crippen LogP contribution in [0.1, 0.15) is 12.5 Å². The van der Waals surface area contributed by atoms with Crippen molar-refractivity contribution in [1.29, 1.82) is 0 Å². The van der Waals surface area contributed by atoms with Gasteiger partial charge in [-0.3, -0.25) is 19.7 Å². The van der Waals surface area contributed by atoms with Crippen LogP contribution in [0.2, 0.25) is 0 Å². The summed E-state index contributed by atoms with van der Waals surface area (Å²) in [4.78, 5) is 51.5. The summed E-state index contributed by atoms with van der Waals surface area (Å²) in [5.41, 5.74) is 1.05. The molecule has 0 aromatic heterocycles. The molecule has 0 radical (unpaired) electrons. The smallest absolute Gasteiger partial charge is 0.335 e. The van der Waals surface area contributed by atoms with Gasteiger partial charge in [0, 0.05) is 5.69 Å². The first kappa shape index (κ1) is 27.7. The molecule has 1 saturated heterocycles. The number of nitrogens with one attached hydrogen (secondary N) is 2. The minimum Gasteiger partial charge on any atom is -0.497 e. The number of carbonyl (C=O) groups excluding carboxylic acids is 4. The van der Waals surface area contributed by atoms with E-state index in [1.54, 1.807) is 68.6 Å². The van der Waals surface area contributed by atoms with Gasteiger partial charge in [-0.15, -0.1) is 0 Å². The largest absolute Gasteiger partial charge is 0.497 e. The first-order valence-corrected chi connectivity index (χ1v) is 12.2. The molecule has 5 amide bonds. The van der Waals surface area contributed by atoms with Crippen LogP contribution in [-0.4, -0.2) is 51.2 Å². The van der Waals surface area contributed by atoms with Crippen molar-refractivity contribution in [2.24, 2.45) is 0 Å². The Hall–Kier alpha value is -5.32. The van der Waals surface area contributed by atoms with Gasteiger partial charge in [-0.25, -0.2) is 9.69 Å². The molecule has 0 aliphatic carbocycles. The second kappa shape index (κ2) is 12.5. The zero-order valence-corrected chi connectivity index (χ0v) is 22.1. The number of imide groups is 2. The van der Waals surface area contributed by atoms with E-state index in [9.17, 15) is 19.2 Å². The lowest BCUT2D eigenvalue weighted by atomic mass is 10.1. The summed E-state index contributed by atoms with van der Waals surface area (Å²) in [5, 5.41) is 4.91. The third-order valence-electron chi connectivity index (χ3n) is 5.74. The van der Waals surface area contributed by atoms with Crippen LogP contribution < -0.4 is 34.5 Å². The van der Waals surface area contributed by atoms with E-state index in [1.165, 1.54) is 25.3 Å². The summed E-state index contributed by atoms with van der Waals surface area (Å²) in [7, 11) is 3.05. The minimum atomic E-state index is -0.857. The third-order valence-corrected chi connectivity index (χ3v) is 5.74. The Kier molecular flexibility index (Phi) is 8.65. The normalized spacial score (nSPS) is 14.0. The lowest BCUT2D eigenvalue weighted by Crippen LogP contribution is -2.54. The van der Waals surface area contributed by atoms with Gasteiger partial charge in [0.05, 0.1) is 26.5 Å². The fourth-order valence-corrected chi connectivity index (χ4v) is 3.81. The summed E-state index contributed by atoms with van der Waals surface area (Å²) in [6, 6.07) is 17.0. The van der Waals surface area contributed by atoms with Crippen molar-refractivity contribution in [3.63, 3.8) is 0 Å². The second-order valence-corrected chi connectivity index (χ2v) is 8.36.